The molecule has 2 rings (SSSR count). The predicted octanol–water partition coefficient (Wildman–Crippen LogP) is 1.25. The van der Waals surface area contributed by atoms with Gasteiger partial charge >= 0.3 is 12.1 Å². The molecule has 0 spiro atoms. The second-order valence-electron chi connectivity index (χ2n) is 4.25. The molecule has 2 saturated heterocycles. The van der Waals surface area contributed by atoms with Gasteiger partial charge in [-0.25, -0.2) is 4.79 Å². The number of carbonyl (C=O) groups excluding carboxylic acids is 1. The Hall–Kier alpha value is -1.52. The summed E-state index contributed by atoms with van der Waals surface area (Å²) in [6.45, 7) is 3.64. The van der Waals surface area contributed by atoms with Crippen molar-refractivity contribution in [2.75, 3.05) is 6.61 Å². The van der Waals surface area contributed by atoms with Gasteiger partial charge in [-0.1, -0.05) is 12.7 Å². The fraction of sp³-hybridized carbons (Fsp3) is 0.636. The number of carboxylic acid groups (broad SMARTS) is 1. The minimum absolute atomic E-state index is 0.0448. The summed E-state index contributed by atoms with van der Waals surface area (Å²) in [5, 5.41) is 9.02. The van der Waals surface area contributed by atoms with Crippen molar-refractivity contribution in [1.29, 1.82) is 0 Å². The number of rotatable bonds is 3. The Balaban J connectivity index is 2.04. The summed E-state index contributed by atoms with van der Waals surface area (Å²) in [6, 6.07) is -0.136. The van der Waals surface area contributed by atoms with Crippen LogP contribution in [0.15, 0.2) is 12.7 Å². The number of amides is 1. The summed E-state index contributed by atoms with van der Waals surface area (Å²) in [4.78, 5) is 24.3. The van der Waals surface area contributed by atoms with Gasteiger partial charge in [0.1, 0.15) is 6.61 Å². The average Bonchev–Trinajstić information content (AvgIpc) is 2.82. The van der Waals surface area contributed by atoms with Crippen molar-refractivity contribution in [1.82, 2.24) is 4.90 Å². The van der Waals surface area contributed by atoms with Crippen LogP contribution in [0.1, 0.15) is 19.3 Å². The zero-order valence-corrected chi connectivity index (χ0v) is 8.96. The first-order valence-electron chi connectivity index (χ1n) is 5.44. The molecule has 0 radical (unpaired) electrons. The third-order valence-corrected chi connectivity index (χ3v) is 3.39. The number of ether oxygens (including phenoxy) is 1. The topological polar surface area (TPSA) is 66.8 Å². The van der Waals surface area contributed by atoms with Crippen LogP contribution < -0.4 is 0 Å². The third kappa shape index (κ3) is 1.66. The zero-order chi connectivity index (χ0) is 11.7. The molecule has 88 valence electrons. The lowest BCUT2D eigenvalue weighted by Gasteiger charge is -2.21. The maximum atomic E-state index is 11.7. The molecule has 0 aromatic carbocycles. The number of nitrogens with zero attached hydrogens (tertiary/aromatic N) is 1. The zero-order valence-electron chi connectivity index (χ0n) is 8.96. The first kappa shape index (κ1) is 11.0. The summed E-state index contributed by atoms with van der Waals surface area (Å²) in [5.41, 5.74) is 0. The van der Waals surface area contributed by atoms with Crippen molar-refractivity contribution in [3.05, 3.63) is 12.7 Å². The van der Waals surface area contributed by atoms with Gasteiger partial charge in [-0.05, 0) is 19.3 Å². The molecule has 5 nitrogen and oxygen atoms in total. The molecule has 3 atom stereocenters. The van der Waals surface area contributed by atoms with Crippen LogP contribution in [0.2, 0.25) is 0 Å². The monoisotopic (exact) mass is 225 g/mol. The highest BCUT2D eigenvalue weighted by molar-refractivity contribution is 5.76. The normalized spacial score (nSPS) is 31.5. The molecule has 1 N–H and O–H groups in total. The van der Waals surface area contributed by atoms with Crippen LogP contribution in [-0.4, -0.2) is 40.8 Å². The van der Waals surface area contributed by atoms with Crippen molar-refractivity contribution < 1.29 is 19.4 Å². The SMILES string of the molecule is C=CCOC(=O)N1[C@H]2CC[C@@H]1[C@H](C(=O)O)C2. The van der Waals surface area contributed by atoms with Gasteiger partial charge in [-0.15, -0.1) is 0 Å². The van der Waals surface area contributed by atoms with E-state index >= 15 is 0 Å². The fourth-order valence-electron chi connectivity index (χ4n) is 2.74. The van der Waals surface area contributed by atoms with E-state index in [9.17, 15) is 9.59 Å². The van der Waals surface area contributed by atoms with Crippen LogP contribution in [0.3, 0.4) is 0 Å². The van der Waals surface area contributed by atoms with Gasteiger partial charge < -0.3 is 14.7 Å². The van der Waals surface area contributed by atoms with E-state index in [4.69, 9.17) is 9.84 Å². The molecule has 2 bridgehead atoms. The maximum Gasteiger partial charge on any atom is 0.410 e. The van der Waals surface area contributed by atoms with Gasteiger partial charge in [0.2, 0.25) is 0 Å². The van der Waals surface area contributed by atoms with Crippen LogP contribution in [0.4, 0.5) is 4.79 Å². The van der Waals surface area contributed by atoms with Crippen LogP contribution in [0.5, 0.6) is 0 Å². The van der Waals surface area contributed by atoms with Crippen LogP contribution in [-0.2, 0) is 9.53 Å². The highest BCUT2D eigenvalue weighted by Crippen LogP contribution is 2.42. The smallest absolute Gasteiger partial charge is 0.410 e. The van der Waals surface area contributed by atoms with E-state index in [-0.39, 0.29) is 18.7 Å². The first-order chi connectivity index (χ1) is 7.65. The minimum atomic E-state index is -0.811. The Morgan fingerprint density at radius 2 is 2.25 bits per heavy atom. The van der Waals surface area contributed by atoms with Crippen LogP contribution >= 0.6 is 0 Å². The Morgan fingerprint density at radius 1 is 1.50 bits per heavy atom. The van der Waals surface area contributed by atoms with Crippen molar-refractivity contribution in [2.24, 2.45) is 5.92 Å². The Bertz CT molecular complexity index is 328. The van der Waals surface area contributed by atoms with Crippen LogP contribution in [0.25, 0.3) is 0 Å². The van der Waals surface area contributed by atoms with Crippen LogP contribution in [0, 0.1) is 5.92 Å². The highest BCUT2D eigenvalue weighted by atomic mass is 16.6. The second kappa shape index (κ2) is 4.15. The molecular weight excluding hydrogens is 210 g/mol. The molecule has 0 saturated carbocycles. The Kier molecular flexibility index (Phi) is 2.85. The highest BCUT2D eigenvalue weighted by Gasteiger charge is 2.51. The third-order valence-electron chi connectivity index (χ3n) is 3.39. The van der Waals surface area contributed by atoms with Gasteiger partial charge in [0.15, 0.2) is 0 Å². The number of hydrogen-bond donors (Lipinski definition) is 1. The van der Waals surface area contributed by atoms with Crippen molar-refractivity contribution >= 4 is 12.1 Å². The molecule has 2 fully saturated rings. The number of fused-ring (bicyclic) bond motifs is 2. The van der Waals surface area contributed by atoms with E-state index in [1.807, 2.05) is 0 Å². The molecule has 5 heteroatoms. The van der Waals surface area contributed by atoms with E-state index < -0.39 is 18.0 Å². The van der Waals surface area contributed by atoms with E-state index in [0.29, 0.717) is 6.42 Å². The number of carbonyl (C=O) groups is 2. The van der Waals surface area contributed by atoms with Gasteiger partial charge in [-0.2, -0.15) is 0 Å². The number of hydrogen-bond acceptors (Lipinski definition) is 3. The van der Waals surface area contributed by atoms with Gasteiger partial charge in [-0.3, -0.25) is 4.79 Å². The van der Waals surface area contributed by atoms with E-state index in [2.05, 4.69) is 6.58 Å². The van der Waals surface area contributed by atoms with Crippen molar-refractivity contribution in [2.45, 2.75) is 31.3 Å². The maximum absolute atomic E-state index is 11.7. The molecule has 1 amide bonds. The molecule has 0 aromatic rings. The summed E-state index contributed by atoms with van der Waals surface area (Å²) < 4.78 is 4.96. The standard InChI is InChI=1S/C11H15NO4/c1-2-5-16-11(15)12-7-3-4-9(12)8(6-7)10(13)14/h2,7-9H,1,3-6H2,(H,13,14)/t7-,8+,9+/m0/s1. The largest absolute Gasteiger partial charge is 0.481 e. The molecular formula is C11H15NO4. The molecule has 2 aliphatic rings. The van der Waals surface area contributed by atoms with Crippen molar-refractivity contribution in [3.8, 4) is 0 Å². The lowest BCUT2D eigenvalue weighted by Crippen LogP contribution is -2.38. The predicted molar refractivity (Wildman–Crippen MR) is 55.9 cm³/mol. The first-order valence-corrected chi connectivity index (χ1v) is 5.44. The molecule has 16 heavy (non-hydrogen) atoms. The van der Waals surface area contributed by atoms with E-state index in [1.165, 1.54) is 6.08 Å². The molecule has 2 heterocycles. The summed E-state index contributed by atoms with van der Waals surface area (Å²) in [5.74, 6) is -1.23. The van der Waals surface area contributed by atoms with Crippen molar-refractivity contribution in [3.63, 3.8) is 0 Å². The number of carboxylic acids is 1. The average molecular weight is 225 g/mol. The summed E-state index contributed by atoms with van der Waals surface area (Å²) in [7, 11) is 0. The number of aliphatic carboxylic acids is 1. The van der Waals surface area contributed by atoms with Gasteiger partial charge in [0, 0.05) is 12.1 Å². The lowest BCUT2D eigenvalue weighted by atomic mass is 9.89. The molecule has 0 aromatic heterocycles. The quantitative estimate of drug-likeness (QED) is 0.734. The van der Waals surface area contributed by atoms with E-state index in [1.54, 1.807) is 4.90 Å². The van der Waals surface area contributed by atoms with Gasteiger partial charge in [0.25, 0.3) is 0 Å². The molecule has 0 aliphatic carbocycles. The lowest BCUT2D eigenvalue weighted by molar-refractivity contribution is -0.142. The van der Waals surface area contributed by atoms with Gasteiger partial charge in [0.05, 0.1) is 5.92 Å². The fourth-order valence-corrected chi connectivity index (χ4v) is 2.74. The second-order valence-corrected chi connectivity index (χ2v) is 4.25. The summed E-state index contributed by atoms with van der Waals surface area (Å²) >= 11 is 0. The Labute approximate surface area is 93.7 Å². The summed E-state index contributed by atoms with van der Waals surface area (Å²) in [6.07, 6.45) is 3.31. The molecule has 0 unspecified atom stereocenters. The molecule has 2 aliphatic heterocycles. The Morgan fingerprint density at radius 3 is 2.81 bits per heavy atom. The minimum Gasteiger partial charge on any atom is -0.481 e. The van der Waals surface area contributed by atoms with E-state index in [0.717, 1.165) is 12.8 Å².